The van der Waals surface area contributed by atoms with Crippen molar-refractivity contribution in [3.8, 4) is 0 Å². The first-order valence-electron chi connectivity index (χ1n) is 3.81. The summed E-state index contributed by atoms with van der Waals surface area (Å²) < 4.78 is 0. The molecule has 0 aliphatic carbocycles. The lowest BCUT2D eigenvalue weighted by molar-refractivity contribution is 0.241. The van der Waals surface area contributed by atoms with Gasteiger partial charge in [0.1, 0.15) is 0 Å². The highest BCUT2D eigenvalue weighted by atomic mass is 16.2. The number of rotatable bonds is 4. The van der Waals surface area contributed by atoms with Crippen LogP contribution in [0.15, 0.2) is 0 Å². The van der Waals surface area contributed by atoms with Crippen LogP contribution in [0.5, 0.6) is 0 Å². The van der Waals surface area contributed by atoms with E-state index in [9.17, 15) is 4.79 Å². The van der Waals surface area contributed by atoms with Crippen molar-refractivity contribution in [2.75, 3.05) is 27.2 Å². The van der Waals surface area contributed by atoms with E-state index >= 15 is 0 Å². The van der Waals surface area contributed by atoms with Crippen molar-refractivity contribution in [3.63, 3.8) is 0 Å². The number of nitrogens with one attached hydrogen (secondary N) is 3. The summed E-state index contributed by atoms with van der Waals surface area (Å²) in [5.41, 5.74) is 0. The molecule has 1 unspecified atom stereocenters. The zero-order valence-electron chi connectivity index (χ0n) is 7.40. The van der Waals surface area contributed by atoms with Crippen molar-refractivity contribution >= 4 is 6.03 Å². The largest absolute Gasteiger partial charge is 0.341 e. The minimum atomic E-state index is -0.118. The van der Waals surface area contributed by atoms with Crippen molar-refractivity contribution in [2.45, 2.75) is 6.92 Å². The Morgan fingerprint density at radius 1 is 1.36 bits per heavy atom. The van der Waals surface area contributed by atoms with Crippen LogP contribution in [-0.2, 0) is 0 Å². The zero-order valence-corrected chi connectivity index (χ0v) is 7.40. The molecule has 2 amide bonds. The number of urea groups is 1. The van der Waals surface area contributed by atoms with Crippen LogP contribution in [-0.4, -0.2) is 33.2 Å². The highest BCUT2D eigenvalue weighted by molar-refractivity contribution is 5.73. The molecule has 0 radical (unpaired) electrons. The summed E-state index contributed by atoms with van der Waals surface area (Å²) in [5, 5.41) is 8.26. The maximum atomic E-state index is 10.7. The molecule has 0 spiro atoms. The molecule has 0 bridgehead atoms. The van der Waals surface area contributed by atoms with Crippen molar-refractivity contribution < 1.29 is 4.79 Å². The molecule has 0 aliphatic rings. The molecule has 0 saturated heterocycles. The van der Waals surface area contributed by atoms with E-state index in [2.05, 4.69) is 22.9 Å². The normalized spacial score (nSPS) is 12.3. The quantitative estimate of drug-likeness (QED) is 0.531. The van der Waals surface area contributed by atoms with Gasteiger partial charge in [0, 0.05) is 13.6 Å². The fourth-order valence-corrected chi connectivity index (χ4v) is 0.776. The Morgan fingerprint density at radius 2 is 2.00 bits per heavy atom. The molecule has 0 aromatic carbocycles. The van der Waals surface area contributed by atoms with E-state index in [1.165, 1.54) is 0 Å². The molecule has 4 nitrogen and oxygen atoms in total. The highest BCUT2D eigenvalue weighted by Gasteiger charge is 2.01. The summed E-state index contributed by atoms with van der Waals surface area (Å²) in [5.74, 6) is 0.470. The fraction of sp³-hybridized carbons (Fsp3) is 0.857. The van der Waals surface area contributed by atoms with Gasteiger partial charge < -0.3 is 16.0 Å². The van der Waals surface area contributed by atoms with Crippen molar-refractivity contribution in [1.82, 2.24) is 16.0 Å². The Kier molecular flexibility index (Phi) is 5.56. The highest BCUT2D eigenvalue weighted by Crippen LogP contribution is 1.87. The van der Waals surface area contributed by atoms with Crippen molar-refractivity contribution in [2.24, 2.45) is 5.92 Å². The first-order valence-corrected chi connectivity index (χ1v) is 3.81. The second-order valence-corrected chi connectivity index (χ2v) is 2.62. The first-order chi connectivity index (χ1) is 5.20. The molecule has 0 heterocycles. The van der Waals surface area contributed by atoms with Crippen LogP contribution in [0.4, 0.5) is 4.79 Å². The van der Waals surface area contributed by atoms with Gasteiger partial charge in [0.15, 0.2) is 0 Å². The van der Waals surface area contributed by atoms with Gasteiger partial charge in [-0.25, -0.2) is 4.79 Å². The van der Waals surface area contributed by atoms with Gasteiger partial charge in [-0.15, -0.1) is 0 Å². The van der Waals surface area contributed by atoms with Crippen molar-refractivity contribution in [1.29, 1.82) is 0 Å². The van der Waals surface area contributed by atoms with Gasteiger partial charge in [-0.2, -0.15) is 0 Å². The van der Waals surface area contributed by atoms with Gasteiger partial charge >= 0.3 is 6.03 Å². The second kappa shape index (κ2) is 5.97. The molecular weight excluding hydrogens is 142 g/mol. The summed E-state index contributed by atoms with van der Waals surface area (Å²) in [6, 6.07) is -0.118. The summed E-state index contributed by atoms with van der Waals surface area (Å²) in [6.07, 6.45) is 0. The molecule has 0 saturated carbocycles. The summed E-state index contributed by atoms with van der Waals surface area (Å²) in [6.45, 7) is 3.71. The lowest BCUT2D eigenvalue weighted by atomic mass is 10.2. The van der Waals surface area contributed by atoms with Crippen LogP contribution < -0.4 is 16.0 Å². The standard InChI is InChI=1S/C7H17N3O/c1-6(4-8-2)5-10-7(11)9-3/h6,8H,4-5H2,1-3H3,(H2,9,10,11). The van der Waals surface area contributed by atoms with Gasteiger partial charge in [0.25, 0.3) is 0 Å². The minimum Gasteiger partial charge on any atom is -0.341 e. The number of amides is 2. The zero-order chi connectivity index (χ0) is 8.69. The predicted octanol–water partition coefficient (Wildman–Crippen LogP) is -0.229. The molecular formula is C7H17N3O. The monoisotopic (exact) mass is 159 g/mol. The molecule has 0 aliphatic heterocycles. The number of carbonyl (C=O) groups is 1. The third-order valence-electron chi connectivity index (χ3n) is 1.39. The SMILES string of the molecule is CNCC(C)CNC(=O)NC. The fourth-order valence-electron chi connectivity index (χ4n) is 0.776. The molecule has 0 aromatic heterocycles. The average molecular weight is 159 g/mol. The third-order valence-corrected chi connectivity index (χ3v) is 1.39. The minimum absolute atomic E-state index is 0.118. The van der Waals surface area contributed by atoms with Gasteiger partial charge in [0.2, 0.25) is 0 Å². The number of carbonyl (C=O) groups excluding carboxylic acids is 1. The second-order valence-electron chi connectivity index (χ2n) is 2.62. The van der Waals surface area contributed by atoms with E-state index in [4.69, 9.17) is 0 Å². The Balaban J connectivity index is 3.29. The van der Waals surface area contributed by atoms with E-state index in [0.29, 0.717) is 12.5 Å². The maximum absolute atomic E-state index is 10.7. The van der Waals surface area contributed by atoms with Crippen LogP contribution in [0.25, 0.3) is 0 Å². The topological polar surface area (TPSA) is 53.2 Å². The molecule has 4 heteroatoms. The first kappa shape index (κ1) is 10.2. The van der Waals surface area contributed by atoms with Gasteiger partial charge in [-0.3, -0.25) is 0 Å². The lowest BCUT2D eigenvalue weighted by Gasteiger charge is -2.10. The number of hydrogen-bond donors (Lipinski definition) is 3. The third kappa shape index (κ3) is 5.66. The Hall–Kier alpha value is -0.770. The van der Waals surface area contributed by atoms with Crippen molar-refractivity contribution in [3.05, 3.63) is 0 Å². The van der Waals surface area contributed by atoms with Gasteiger partial charge in [0.05, 0.1) is 0 Å². The Bertz CT molecular complexity index is 116. The molecule has 0 aromatic rings. The molecule has 1 atom stereocenters. The maximum Gasteiger partial charge on any atom is 0.314 e. The van der Waals surface area contributed by atoms with Gasteiger partial charge in [-0.1, -0.05) is 6.92 Å². The molecule has 66 valence electrons. The van der Waals surface area contributed by atoms with E-state index in [0.717, 1.165) is 6.54 Å². The lowest BCUT2D eigenvalue weighted by Crippen LogP contribution is -2.37. The molecule has 0 fully saturated rings. The van der Waals surface area contributed by atoms with E-state index < -0.39 is 0 Å². The van der Waals surface area contributed by atoms with Crippen LogP contribution in [0.1, 0.15) is 6.92 Å². The molecule has 11 heavy (non-hydrogen) atoms. The summed E-state index contributed by atoms with van der Waals surface area (Å²) >= 11 is 0. The van der Waals surface area contributed by atoms with Crippen LogP contribution >= 0.6 is 0 Å². The molecule has 3 N–H and O–H groups in total. The summed E-state index contributed by atoms with van der Waals surface area (Å²) in [4.78, 5) is 10.7. The Labute approximate surface area is 67.7 Å². The van der Waals surface area contributed by atoms with E-state index in [1.54, 1.807) is 7.05 Å². The Morgan fingerprint density at radius 3 is 2.45 bits per heavy atom. The molecule has 0 rings (SSSR count). The number of hydrogen-bond acceptors (Lipinski definition) is 2. The predicted molar refractivity (Wildman–Crippen MR) is 45.5 cm³/mol. The smallest absolute Gasteiger partial charge is 0.314 e. The van der Waals surface area contributed by atoms with Gasteiger partial charge in [-0.05, 0) is 19.5 Å². The van der Waals surface area contributed by atoms with Crippen LogP contribution in [0, 0.1) is 5.92 Å². The average Bonchev–Trinajstić information content (AvgIpc) is 2.01. The van der Waals surface area contributed by atoms with Crippen LogP contribution in [0.3, 0.4) is 0 Å². The van der Waals surface area contributed by atoms with Crippen LogP contribution in [0.2, 0.25) is 0 Å². The summed E-state index contributed by atoms with van der Waals surface area (Å²) in [7, 11) is 3.51. The van der Waals surface area contributed by atoms with E-state index in [-0.39, 0.29) is 6.03 Å². The van der Waals surface area contributed by atoms with E-state index in [1.807, 2.05) is 7.05 Å².